The monoisotopic (exact) mass is 631 g/mol. The number of halogens is 2. The zero-order chi connectivity index (χ0) is 31.0. The van der Waals surface area contributed by atoms with Gasteiger partial charge in [0.05, 0.1) is 10.6 Å². The lowest BCUT2D eigenvalue weighted by Crippen LogP contribution is -2.53. The number of rotatable bonds is 13. The van der Waals surface area contributed by atoms with E-state index in [-0.39, 0.29) is 23.4 Å². The van der Waals surface area contributed by atoms with Crippen molar-refractivity contribution in [3.8, 4) is 0 Å². The number of hydrogen-bond donors (Lipinski definition) is 1. The Bertz CT molecular complexity index is 1500. The number of sulfonamides is 1. The van der Waals surface area contributed by atoms with Crippen LogP contribution in [0.25, 0.3) is 0 Å². The predicted octanol–water partition coefficient (Wildman–Crippen LogP) is 6.78. The average Bonchev–Trinajstić information content (AvgIpc) is 2.96. The molecule has 7 nitrogen and oxygen atoms in total. The molecule has 0 aliphatic rings. The fraction of sp³-hybridized carbons (Fsp3) is 0.375. The highest BCUT2D eigenvalue weighted by atomic mass is 35.5. The first kappa shape index (κ1) is 33.4. The SMILES string of the molecule is CCc1ccccc1N(CC(=O)N(Cc1ccc(Cl)cc1Cl)[C@H](CC)C(=O)N[C@H](C)CC)S(=O)(=O)c1ccc(C)cc1. The van der Waals surface area contributed by atoms with E-state index in [9.17, 15) is 18.0 Å². The molecule has 3 aromatic rings. The molecule has 3 rings (SSSR count). The molecule has 0 bridgehead atoms. The molecule has 0 heterocycles. The quantitative estimate of drug-likeness (QED) is 0.225. The second kappa shape index (κ2) is 14.9. The van der Waals surface area contributed by atoms with E-state index in [1.54, 1.807) is 42.5 Å². The number of carbonyl (C=O) groups excluding carboxylic acids is 2. The molecule has 0 fully saturated rings. The molecule has 0 aliphatic heterocycles. The number of nitrogens with zero attached hydrogens (tertiary/aromatic N) is 2. The van der Waals surface area contributed by atoms with Crippen LogP contribution in [0.2, 0.25) is 10.0 Å². The van der Waals surface area contributed by atoms with Gasteiger partial charge in [0.25, 0.3) is 10.0 Å². The van der Waals surface area contributed by atoms with Gasteiger partial charge in [-0.25, -0.2) is 8.42 Å². The van der Waals surface area contributed by atoms with Crippen molar-refractivity contribution >= 4 is 50.7 Å². The van der Waals surface area contributed by atoms with Crippen LogP contribution in [0.4, 0.5) is 5.69 Å². The Morgan fingerprint density at radius 2 is 1.57 bits per heavy atom. The molecule has 3 aromatic carbocycles. The Morgan fingerprint density at radius 3 is 2.17 bits per heavy atom. The molecule has 10 heteroatoms. The molecular weight excluding hydrogens is 593 g/mol. The van der Waals surface area contributed by atoms with E-state index in [1.165, 1.54) is 17.0 Å². The van der Waals surface area contributed by atoms with Gasteiger partial charge in [-0.3, -0.25) is 13.9 Å². The summed E-state index contributed by atoms with van der Waals surface area (Å²) >= 11 is 12.6. The summed E-state index contributed by atoms with van der Waals surface area (Å²) in [7, 11) is -4.15. The van der Waals surface area contributed by atoms with Crippen LogP contribution >= 0.6 is 23.2 Å². The molecular formula is C32H39Cl2N3O4S. The minimum absolute atomic E-state index is 0.00485. The van der Waals surface area contributed by atoms with E-state index in [1.807, 2.05) is 46.8 Å². The van der Waals surface area contributed by atoms with Gasteiger partial charge in [-0.2, -0.15) is 0 Å². The van der Waals surface area contributed by atoms with E-state index in [0.29, 0.717) is 34.1 Å². The first-order valence-corrected chi connectivity index (χ1v) is 16.3. The first-order valence-electron chi connectivity index (χ1n) is 14.1. The first-order chi connectivity index (χ1) is 19.9. The highest BCUT2D eigenvalue weighted by molar-refractivity contribution is 7.92. The molecule has 0 spiro atoms. The van der Waals surface area contributed by atoms with Crippen LogP contribution in [-0.2, 0) is 32.6 Å². The maximum Gasteiger partial charge on any atom is 0.264 e. The molecule has 226 valence electrons. The third-order valence-electron chi connectivity index (χ3n) is 7.27. The van der Waals surface area contributed by atoms with Gasteiger partial charge in [0, 0.05) is 22.6 Å². The van der Waals surface area contributed by atoms with Crippen LogP contribution in [0.5, 0.6) is 0 Å². The van der Waals surface area contributed by atoms with Crippen molar-refractivity contribution in [2.75, 3.05) is 10.8 Å². The standard InChI is InChI=1S/C32H39Cl2N3O4S/c1-6-23(5)35-32(39)29(8-3)36(20-25-15-16-26(33)19-28(25)34)31(38)21-37(30-12-10-9-11-24(30)7-2)42(40,41)27-17-13-22(4)14-18-27/h9-19,23,29H,6-8,20-21H2,1-5H3,(H,35,39)/t23-,29-/m1/s1. The summed E-state index contributed by atoms with van der Waals surface area (Å²) in [4.78, 5) is 29.2. The van der Waals surface area contributed by atoms with Gasteiger partial charge in [-0.05, 0) is 74.6 Å². The van der Waals surface area contributed by atoms with Crippen molar-refractivity contribution in [3.63, 3.8) is 0 Å². The minimum Gasteiger partial charge on any atom is -0.352 e. The lowest BCUT2D eigenvalue weighted by molar-refractivity contribution is -0.140. The smallest absolute Gasteiger partial charge is 0.264 e. The predicted molar refractivity (Wildman–Crippen MR) is 171 cm³/mol. The highest BCUT2D eigenvalue weighted by Crippen LogP contribution is 2.29. The van der Waals surface area contributed by atoms with Crippen LogP contribution in [0, 0.1) is 6.92 Å². The number of aryl methyl sites for hydroxylation is 2. The van der Waals surface area contributed by atoms with Crippen LogP contribution in [-0.4, -0.2) is 43.8 Å². The largest absolute Gasteiger partial charge is 0.352 e. The third-order valence-corrected chi connectivity index (χ3v) is 9.63. The van der Waals surface area contributed by atoms with Crippen LogP contribution in [0.15, 0.2) is 71.6 Å². The fourth-order valence-electron chi connectivity index (χ4n) is 4.60. The Balaban J connectivity index is 2.12. The Hall–Kier alpha value is -3.07. The second-order valence-electron chi connectivity index (χ2n) is 10.3. The average molecular weight is 633 g/mol. The maximum atomic E-state index is 14.3. The molecule has 0 unspecified atom stereocenters. The molecule has 42 heavy (non-hydrogen) atoms. The normalized spacial score (nSPS) is 12.8. The van der Waals surface area contributed by atoms with Crippen molar-refractivity contribution in [2.45, 2.75) is 77.4 Å². The molecule has 1 N–H and O–H groups in total. The molecule has 2 atom stereocenters. The lowest BCUT2D eigenvalue weighted by atomic mass is 10.1. The lowest BCUT2D eigenvalue weighted by Gasteiger charge is -2.34. The van der Waals surface area contributed by atoms with E-state index in [2.05, 4.69) is 5.32 Å². The van der Waals surface area contributed by atoms with Crippen molar-refractivity contribution in [2.24, 2.45) is 0 Å². The van der Waals surface area contributed by atoms with Gasteiger partial charge >= 0.3 is 0 Å². The van der Waals surface area contributed by atoms with E-state index < -0.39 is 28.5 Å². The zero-order valence-corrected chi connectivity index (χ0v) is 27.1. The van der Waals surface area contributed by atoms with E-state index in [0.717, 1.165) is 21.9 Å². The summed E-state index contributed by atoms with van der Waals surface area (Å²) < 4.78 is 29.4. The Kier molecular flexibility index (Phi) is 11.9. The van der Waals surface area contributed by atoms with Gasteiger partial charge in [-0.1, -0.05) is 85.9 Å². The number of anilines is 1. The van der Waals surface area contributed by atoms with Crippen LogP contribution < -0.4 is 9.62 Å². The molecule has 0 radical (unpaired) electrons. The summed E-state index contributed by atoms with van der Waals surface area (Å²) in [5, 5.41) is 3.76. The van der Waals surface area contributed by atoms with Gasteiger partial charge in [0.15, 0.2) is 0 Å². The second-order valence-corrected chi connectivity index (χ2v) is 13.0. The van der Waals surface area contributed by atoms with Crippen LogP contribution in [0.1, 0.15) is 57.2 Å². The summed E-state index contributed by atoms with van der Waals surface area (Å²) in [5.74, 6) is -0.846. The molecule has 2 amide bonds. The van der Waals surface area contributed by atoms with E-state index >= 15 is 0 Å². The summed E-state index contributed by atoms with van der Waals surface area (Å²) in [6.45, 7) is 8.96. The van der Waals surface area contributed by atoms with Crippen molar-refractivity contribution in [1.29, 1.82) is 0 Å². The molecule has 0 saturated carbocycles. The number of hydrogen-bond acceptors (Lipinski definition) is 4. The summed E-state index contributed by atoms with van der Waals surface area (Å²) in [6.07, 6.45) is 1.59. The topological polar surface area (TPSA) is 86.8 Å². The van der Waals surface area contributed by atoms with Gasteiger partial charge in [0.2, 0.25) is 11.8 Å². The third kappa shape index (κ3) is 8.06. The van der Waals surface area contributed by atoms with Crippen molar-refractivity contribution in [3.05, 3.63) is 93.5 Å². The van der Waals surface area contributed by atoms with Crippen molar-refractivity contribution < 1.29 is 18.0 Å². The number of carbonyl (C=O) groups is 2. The Labute approximate surface area is 259 Å². The number of para-hydroxylation sites is 1. The highest BCUT2D eigenvalue weighted by Gasteiger charge is 2.34. The number of nitrogens with one attached hydrogen (secondary N) is 1. The summed E-state index contributed by atoms with van der Waals surface area (Å²) in [5.41, 5.74) is 2.69. The Morgan fingerprint density at radius 1 is 0.905 bits per heavy atom. The maximum absolute atomic E-state index is 14.3. The molecule has 0 aliphatic carbocycles. The number of benzene rings is 3. The minimum atomic E-state index is -4.15. The van der Waals surface area contributed by atoms with E-state index in [4.69, 9.17) is 23.2 Å². The molecule has 0 saturated heterocycles. The van der Waals surface area contributed by atoms with Gasteiger partial charge < -0.3 is 10.2 Å². The molecule has 0 aromatic heterocycles. The zero-order valence-electron chi connectivity index (χ0n) is 24.7. The summed E-state index contributed by atoms with van der Waals surface area (Å²) in [6, 6.07) is 17.6. The van der Waals surface area contributed by atoms with Crippen molar-refractivity contribution in [1.82, 2.24) is 10.2 Å². The van der Waals surface area contributed by atoms with Gasteiger partial charge in [-0.15, -0.1) is 0 Å². The number of amides is 2. The van der Waals surface area contributed by atoms with Crippen LogP contribution in [0.3, 0.4) is 0 Å². The fourth-order valence-corrected chi connectivity index (χ4v) is 6.52. The van der Waals surface area contributed by atoms with Gasteiger partial charge in [0.1, 0.15) is 12.6 Å².